The molecule has 0 spiro atoms. The lowest BCUT2D eigenvalue weighted by Crippen LogP contribution is -2.45. The molecule has 1 amide bonds. The highest BCUT2D eigenvalue weighted by atomic mass is 127. The van der Waals surface area contributed by atoms with Gasteiger partial charge in [0.15, 0.2) is 5.96 Å². The van der Waals surface area contributed by atoms with Crippen molar-refractivity contribution >= 4 is 35.8 Å². The number of likely N-dealkylation sites (tertiary alicyclic amines) is 1. The lowest BCUT2D eigenvalue weighted by Gasteiger charge is -2.26. The average molecular weight is 474 g/mol. The predicted molar refractivity (Wildman–Crippen MR) is 114 cm³/mol. The SMILES string of the molecule is CN=C(NCc1nccn1C)NC1CCN(C(=O)C2CCCCC2)C1.I. The quantitative estimate of drug-likeness (QED) is 0.397. The van der Waals surface area contributed by atoms with Gasteiger partial charge in [0, 0.05) is 51.5 Å². The smallest absolute Gasteiger partial charge is 0.225 e. The molecule has 146 valence electrons. The summed E-state index contributed by atoms with van der Waals surface area (Å²) in [5.74, 6) is 2.34. The van der Waals surface area contributed by atoms with Crippen molar-refractivity contribution in [3.05, 3.63) is 18.2 Å². The molecule has 0 radical (unpaired) electrons. The lowest BCUT2D eigenvalue weighted by molar-refractivity contribution is -0.135. The predicted octanol–water partition coefficient (Wildman–Crippen LogP) is 1.88. The first kappa shape index (κ1) is 21.0. The second kappa shape index (κ2) is 10.1. The Morgan fingerprint density at radius 2 is 2.08 bits per heavy atom. The summed E-state index contributed by atoms with van der Waals surface area (Å²) in [7, 11) is 3.75. The van der Waals surface area contributed by atoms with Gasteiger partial charge in [0.2, 0.25) is 5.91 Å². The molecule has 1 aliphatic carbocycles. The van der Waals surface area contributed by atoms with Gasteiger partial charge < -0.3 is 20.1 Å². The van der Waals surface area contributed by atoms with Crippen LogP contribution in [0.25, 0.3) is 0 Å². The number of guanidine groups is 1. The van der Waals surface area contributed by atoms with Gasteiger partial charge in [-0.2, -0.15) is 0 Å². The number of amides is 1. The first-order valence-electron chi connectivity index (χ1n) is 9.39. The topological polar surface area (TPSA) is 74.6 Å². The van der Waals surface area contributed by atoms with Gasteiger partial charge in [-0.05, 0) is 19.3 Å². The highest BCUT2D eigenvalue weighted by Crippen LogP contribution is 2.26. The molecule has 0 bridgehead atoms. The van der Waals surface area contributed by atoms with Crippen LogP contribution >= 0.6 is 24.0 Å². The van der Waals surface area contributed by atoms with Crippen molar-refractivity contribution in [2.75, 3.05) is 20.1 Å². The number of halogens is 1. The first-order chi connectivity index (χ1) is 12.2. The number of nitrogens with one attached hydrogen (secondary N) is 2. The van der Waals surface area contributed by atoms with Gasteiger partial charge >= 0.3 is 0 Å². The normalized spacial score (nSPS) is 21.4. The molecule has 0 aromatic carbocycles. The summed E-state index contributed by atoms with van der Waals surface area (Å²) < 4.78 is 1.99. The number of aliphatic imine (C=N–C) groups is 1. The van der Waals surface area contributed by atoms with Gasteiger partial charge in [0.25, 0.3) is 0 Å². The van der Waals surface area contributed by atoms with E-state index in [1.807, 2.05) is 22.7 Å². The Morgan fingerprint density at radius 3 is 2.73 bits per heavy atom. The Labute approximate surface area is 173 Å². The third kappa shape index (κ3) is 5.34. The molecule has 2 heterocycles. The van der Waals surface area contributed by atoms with Crippen molar-refractivity contribution in [2.24, 2.45) is 18.0 Å². The van der Waals surface area contributed by atoms with Gasteiger partial charge in [0.1, 0.15) is 5.82 Å². The number of hydrogen-bond acceptors (Lipinski definition) is 3. The van der Waals surface area contributed by atoms with E-state index in [-0.39, 0.29) is 35.9 Å². The summed E-state index contributed by atoms with van der Waals surface area (Å²) in [5.41, 5.74) is 0. The zero-order valence-electron chi connectivity index (χ0n) is 15.8. The number of hydrogen-bond donors (Lipinski definition) is 2. The van der Waals surface area contributed by atoms with Crippen LogP contribution in [0.4, 0.5) is 0 Å². The maximum absolute atomic E-state index is 12.7. The van der Waals surface area contributed by atoms with E-state index in [2.05, 4.69) is 20.6 Å². The molecule has 1 unspecified atom stereocenters. The fourth-order valence-corrected chi connectivity index (χ4v) is 3.80. The van der Waals surface area contributed by atoms with E-state index in [1.54, 1.807) is 13.2 Å². The Hall–Kier alpha value is -1.32. The molecule has 3 rings (SSSR count). The van der Waals surface area contributed by atoms with Crippen LogP contribution in [0, 0.1) is 5.92 Å². The van der Waals surface area contributed by atoms with Crippen molar-refractivity contribution in [1.82, 2.24) is 25.1 Å². The van der Waals surface area contributed by atoms with E-state index in [0.29, 0.717) is 12.5 Å². The number of rotatable bonds is 4. The van der Waals surface area contributed by atoms with Gasteiger partial charge in [-0.1, -0.05) is 19.3 Å². The molecule has 1 atom stereocenters. The monoisotopic (exact) mass is 474 g/mol. The van der Waals surface area contributed by atoms with E-state index in [4.69, 9.17) is 0 Å². The van der Waals surface area contributed by atoms with Crippen LogP contribution in [-0.4, -0.2) is 52.5 Å². The second-order valence-electron chi connectivity index (χ2n) is 7.13. The molecule has 2 N–H and O–H groups in total. The van der Waals surface area contributed by atoms with Crippen molar-refractivity contribution in [1.29, 1.82) is 0 Å². The number of nitrogens with zero attached hydrogens (tertiary/aromatic N) is 4. The number of aromatic nitrogens is 2. The van der Waals surface area contributed by atoms with Gasteiger partial charge in [-0.25, -0.2) is 4.98 Å². The Balaban J connectivity index is 0.00000243. The van der Waals surface area contributed by atoms with Crippen LogP contribution in [0.5, 0.6) is 0 Å². The highest BCUT2D eigenvalue weighted by molar-refractivity contribution is 14.0. The molecular formula is C18H31IN6O. The molecule has 1 saturated carbocycles. The molecule has 1 aromatic rings. The van der Waals surface area contributed by atoms with Crippen LogP contribution in [0.1, 0.15) is 44.3 Å². The van der Waals surface area contributed by atoms with Crippen LogP contribution in [0.2, 0.25) is 0 Å². The summed E-state index contributed by atoms with van der Waals surface area (Å²) >= 11 is 0. The third-order valence-corrected chi connectivity index (χ3v) is 5.35. The van der Waals surface area contributed by atoms with E-state index in [1.165, 1.54) is 19.3 Å². The zero-order chi connectivity index (χ0) is 17.6. The van der Waals surface area contributed by atoms with Gasteiger partial charge in [-0.3, -0.25) is 9.79 Å². The summed E-state index contributed by atoms with van der Waals surface area (Å²) in [6.45, 7) is 2.25. The molecule has 1 saturated heterocycles. The zero-order valence-corrected chi connectivity index (χ0v) is 18.1. The largest absolute Gasteiger partial charge is 0.352 e. The van der Waals surface area contributed by atoms with Gasteiger partial charge in [0.05, 0.1) is 6.54 Å². The molecule has 2 aliphatic rings. The number of carbonyl (C=O) groups excluding carboxylic acids is 1. The highest BCUT2D eigenvalue weighted by Gasteiger charge is 2.31. The minimum absolute atomic E-state index is 0. The van der Waals surface area contributed by atoms with Crippen LogP contribution in [-0.2, 0) is 18.4 Å². The Bertz CT molecular complexity index is 611. The number of imidazole rings is 1. The summed E-state index contributed by atoms with van der Waals surface area (Å²) in [6.07, 6.45) is 10.5. The Morgan fingerprint density at radius 1 is 1.31 bits per heavy atom. The van der Waals surface area contributed by atoms with E-state index in [9.17, 15) is 4.79 Å². The molecule has 1 aliphatic heterocycles. The van der Waals surface area contributed by atoms with E-state index < -0.39 is 0 Å². The summed E-state index contributed by atoms with van der Waals surface area (Å²) in [4.78, 5) is 23.3. The molecule has 8 heteroatoms. The fraction of sp³-hybridized carbons (Fsp3) is 0.722. The molecule has 2 fully saturated rings. The number of carbonyl (C=O) groups is 1. The standard InChI is InChI=1S/C18H30N6O.HI/c1-19-18(21-12-16-20-9-11-23(16)2)22-15-8-10-24(13-15)17(25)14-6-4-3-5-7-14;/h9,11,14-15H,3-8,10,12-13H2,1-2H3,(H2,19,21,22);1H. The van der Waals surface area contributed by atoms with Crippen molar-refractivity contribution in [3.63, 3.8) is 0 Å². The third-order valence-electron chi connectivity index (χ3n) is 5.35. The lowest BCUT2D eigenvalue weighted by atomic mass is 9.88. The fourth-order valence-electron chi connectivity index (χ4n) is 3.80. The number of aryl methyl sites for hydroxylation is 1. The summed E-state index contributed by atoms with van der Waals surface area (Å²) in [5, 5.41) is 6.74. The van der Waals surface area contributed by atoms with Crippen LogP contribution in [0.3, 0.4) is 0 Å². The minimum atomic E-state index is 0. The average Bonchev–Trinajstić information content (AvgIpc) is 3.27. The maximum Gasteiger partial charge on any atom is 0.225 e. The summed E-state index contributed by atoms with van der Waals surface area (Å²) in [6, 6.07) is 0.264. The van der Waals surface area contributed by atoms with Crippen molar-refractivity contribution in [3.8, 4) is 0 Å². The van der Waals surface area contributed by atoms with E-state index in [0.717, 1.165) is 44.1 Å². The first-order valence-corrected chi connectivity index (χ1v) is 9.39. The Kier molecular flexibility index (Phi) is 8.17. The van der Waals surface area contributed by atoms with Gasteiger partial charge in [-0.15, -0.1) is 24.0 Å². The molecular weight excluding hydrogens is 443 g/mol. The molecule has 1 aromatic heterocycles. The minimum Gasteiger partial charge on any atom is -0.352 e. The van der Waals surface area contributed by atoms with Crippen molar-refractivity contribution in [2.45, 2.75) is 51.1 Å². The van der Waals surface area contributed by atoms with Crippen molar-refractivity contribution < 1.29 is 4.79 Å². The molecule has 7 nitrogen and oxygen atoms in total. The van der Waals surface area contributed by atoms with E-state index >= 15 is 0 Å². The maximum atomic E-state index is 12.7. The molecule has 26 heavy (non-hydrogen) atoms. The second-order valence-corrected chi connectivity index (χ2v) is 7.13. The van der Waals surface area contributed by atoms with Crippen LogP contribution in [0.15, 0.2) is 17.4 Å². The van der Waals surface area contributed by atoms with Crippen LogP contribution < -0.4 is 10.6 Å².